The summed E-state index contributed by atoms with van der Waals surface area (Å²) < 4.78 is 2.84. The van der Waals surface area contributed by atoms with Crippen molar-refractivity contribution in [1.82, 2.24) is 19.2 Å². The van der Waals surface area contributed by atoms with Crippen molar-refractivity contribution in [2.75, 3.05) is 0 Å². The molecule has 0 radical (unpaired) electrons. The molecular formula is C23H18N4O2S. The molecule has 3 aromatic heterocycles. The smallest absolute Gasteiger partial charge is 0.292 e. The topological polar surface area (TPSA) is 69.3 Å². The predicted molar refractivity (Wildman–Crippen MR) is 118 cm³/mol. The highest BCUT2D eigenvalue weighted by molar-refractivity contribution is 7.19. The van der Waals surface area contributed by atoms with E-state index in [2.05, 4.69) is 10.1 Å². The van der Waals surface area contributed by atoms with E-state index >= 15 is 0 Å². The van der Waals surface area contributed by atoms with Gasteiger partial charge in [-0.25, -0.2) is 9.78 Å². The van der Waals surface area contributed by atoms with Crippen LogP contribution in [0.4, 0.5) is 0 Å². The highest BCUT2D eigenvalue weighted by atomic mass is 32.1. The molecule has 30 heavy (non-hydrogen) atoms. The Morgan fingerprint density at radius 2 is 1.67 bits per heavy atom. The van der Waals surface area contributed by atoms with Gasteiger partial charge in [-0.1, -0.05) is 60.7 Å². The molecule has 7 heteroatoms. The zero-order chi connectivity index (χ0) is 20.8. The largest absolute Gasteiger partial charge is 0.352 e. The van der Waals surface area contributed by atoms with E-state index in [0.29, 0.717) is 17.0 Å². The third kappa shape index (κ3) is 2.86. The van der Waals surface area contributed by atoms with E-state index in [1.165, 1.54) is 20.4 Å². The molecule has 6 nitrogen and oxygen atoms in total. The van der Waals surface area contributed by atoms with Gasteiger partial charge in [0.25, 0.3) is 0 Å². The van der Waals surface area contributed by atoms with Crippen LogP contribution in [0, 0.1) is 13.8 Å². The number of fused-ring (bicyclic) bond motifs is 3. The number of rotatable bonds is 4. The first-order valence-electron chi connectivity index (χ1n) is 9.57. The van der Waals surface area contributed by atoms with Crippen molar-refractivity contribution in [2.24, 2.45) is 0 Å². The Balaban J connectivity index is 1.76. The molecule has 5 aromatic rings. The molecule has 0 unspecified atom stereocenters. The monoisotopic (exact) mass is 414 g/mol. The van der Waals surface area contributed by atoms with Gasteiger partial charge in [-0.15, -0.1) is 16.4 Å². The molecule has 0 saturated heterocycles. The lowest BCUT2D eigenvalue weighted by Crippen LogP contribution is -2.30. The van der Waals surface area contributed by atoms with Gasteiger partial charge in [0, 0.05) is 16.0 Å². The lowest BCUT2D eigenvalue weighted by atomic mass is 10.1. The fourth-order valence-electron chi connectivity index (χ4n) is 3.58. The number of carbonyl (C=O) groups excluding carboxylic acids is 1. The van der Waals surface area contributed by atoms with Crippen LogP contribution in [0.2, 0.25) is 0 Å². The Morgan fingerprint density at radius 1 is 1.00 bits per heavy atom. The second-order valence-corrected chi connectivity index (χ2v) is 8.36. The molecule has 148 valence electrons. The zero-order valence-electron chi connectivity index (χ0n) is 16.5. The molecule has 0 aliphatic rings. The van der Waals surface area contributed by atoms with Gasteiger partial charge in [0.15, 0.2) is 17.3 Å². The van der Waals surface area contributed by atoms with Crippen LogP contribution in [0.3, 0.4) is 0 Å². The molecule has 0 spiro atoms. The summed E-state index contributed by atoms with van der Waals surface area (Å²) in [5, 5.41) is 5.36. The van der Waals surface area contributed by atoms with Crippen LogP contribution in [-0.2, 0) is 6.54 Å². The summed E-state index contributed by atoms with van der Waals surface area (Å²) in [6.45, 7) is 3.98. The van der Waals surface area contributed by atoms with E-state index < -0.39 is 0 Å². The number of ketones is 1. The maximum atomic E-state index is 13.4. The van der Waals surface area contributed by atoms with Gasteiger partial charge >= 0.3 is 5.69 Å². The number of hydrogen-bond acceptors (Lipinski definition) is 5. The summed E-state index contributed by atoms with van der Waals surface area (Å²) in [6, 6.07) is 18.6. The molecule has 0 N–H and O–H groups in total. The fourth-order valence-corrected chi connectivity index (χ4v) is 4.72. The van der Waals surface area contributed by atoms with Gasteiger partial charge in [-0.3, -0.25) is 9.36 Å². The quantitative estimate of drug-likeness (QED) is 0.412. The maximum absolute atomic E-state index is 13.4. The van der Waals surface area contributed by atoms with E-state index in [0.717, 1.165) is 26.2 Å². The van der Waals surface area contributed by atoms with E-state index in [1.807, 2.05) is 62.4 Å². The highest BCUT2D eigenvalue weighted by Crippen LogP contribution is 2.32. The van der Waals surface area contributed by atoms with Crippen molar-refractivity contribution in [3.05, 3.63) is 87.2 Å². The second kappa shape index (κ2) is 7.03. The van der Waals surface area contributed by atoms with Crippen molar-refractivity contribution in [2.45, 2.75) is 20.4 Å². The Bertz CT molecular complexity index is 1460. The first-order chi connectivity index (χ1) is 14.5. The predicted octanol–water partition coefficient (Wildman–Crippen LogP) is 4.27. The number of nitrogens with zero attached hydrogens (tertiary/aromatic N) is 4. The van der Waals surface area contributed by atoms with Gasteiger partial charge in [-0.05, 0) is 19.4 Å². The molecular weight excluding hydrogens is 396 g/mol. The molecule has 5 rings (SSSR count). The van der Waals surface area contributed by atoms with Gasteiger partial charge in [-0.2, -0.15) is 4.52 Å². The summed E-state index contributed by atoms with van der Waals surface area (Å²) in [4.78, 5) is 32.7. The summed E-state index contributed by atoms with van der Waals surface area (Å²) >= 11 is 1.51. The highest BCUT2D eigenvalue weighted by Gasteiger charge is 2.21. The number of hydrogen-bond donors (Lipinski definition) is 0. The minimum absolute atomic E-state index is 0.0464. The molecule has 0 fully saturated rings. The van der Waals surface area contributed by atoms with Crippen LogP contribution in [0.15, 0.2) is 65.5 Å². The lowest BCUT2D eigenvalue weighted by molar-refractivity contribution is 0.0972. The number of carbonyl (C=O) groups is 1. The van der Waals surface area contributed by atoms with Crippen molar-refractivity contribution < 1.29 is 4.79 Å². The van der Waals surface area contributed by atoms with Crippen LogP contribution in [0.1, 0.15) is 20.8 Å². The molecule has 2 aromatic carbocycles. The number of benzene rings is 2. The van der Waals surface area contributed by atoms with Crippen molar-refractivity contribution >= 4 is 33.0 Å². The average Bonchev–Trinajstić information content (AvgIpc) is 3.34. The first-order valence-corrected chi connectivity index (χ1v) is 10.4. The average molecular weight is 414 g/mol. The Labute approximate surface area is 176 Å². The van der Waals surface area contributed by atoms with Gasteiger partial charge < -0.3 is 0 Å². The molecule has 0 aliphatic carbocycles. The first kappa shape index (κ1) is 18.4. The molecule has 0 atom stereocenters. The van der Waals surface area contributed by atoms with Crippen LogP contribution >= 0.6 is 11.3 Å². The second-order valence-electron chi connectivity index (χ2n) is 7.16. The van der Waals surface area contributed by atoms with Crippen molar-refractivity contribution in [3.8, 4) is 11.4 Å². The minimum atomic E-state index is -0.363. The Hall–Kier alpha value is -3.58. The summed E-state index contributed by atoms with van der Waals surface area (Å²) in [6.07, 6.45) is 0. The molecule has 0 saturated carbocycles. The molecule has 0 aliphatic heterocycles. The normalized spacial score (nSPS) is 11.4. The number of aromatic nitrogens is 4. The van der Waals surface area contributed by atoms with Crippen LogP contribution in [0.5, 0.6) is 0 Å². The summed E-state index contributed by atoms with van der Waals surface area (Å²) in [7, 11) is 0. The van der Waals surface area contributed by atoms with E-state index in [9.17, 15) is 9.59 Å². The third-order valence-corrected chi connectivity index (χ3v) is 6.51. The van der Waals surface area contributed by atoms with Gasteiger partial charge in [0.2, 0.25) is 0 Å². The standard InChI is InChI=1S/C23H18N4O2S/c1-14-15(2)30-22-19(14)21-24-20(17-11-7-4-8-12-17)25-27(21)23(29)26(22)13-18(28)16-9-5-3-6-10-16/h3-12H,13H2,1-2H3. The maximum Gasteiger partial charge on any atom is 0.352 e. The van der Waals surface area contributed by atoms with Crippen LogP contribution in [-0.4, -0.2) is 24.9 Å². The Kier molecular flexibility index (Phi) is 4.33. The SMILES string of the molecule is Cc1sc2c(c1C)c1nc(-c3ccccc3)nn1c(=O)n2CC(=O)c1ccccc1. The minimum Gasteiger partial charge on any atom is -0.292 e. The Morgan fingerprint density at radius 3 is 2.37 bits per heavy atom. The summed E-state index contributed by atoms with van der Waals surface area (Å²) in [5.74, 6) is 0.370. The van der Waals surface area contributed by atoms with Crippen molar-refractivity contribution in [1.29, 1.82) is 0 Å². The van der Waals surface area contributed by atoms with E-state index in [4.69, 9.17) is 0 Å². The number of Topliss-reactive ketones (excluding diaryl/α,β-unsaturated/α-hetero) is 1. The van der Waals surface area contributed by atoms with Gasteiger partial charge in [0.05, 0.1) is 11.9 Å². The zero-order valence-corrected chi connectivity index (χ0v) is 17.3. The number of thiophene rings is 1. The van der Waals surface area contributed by atoms with Gasteiger partial charge in [0.1, 0.15) is 4.83 Å². The van der Waals surface area contributed by atoms with E-state index in [1.54, 1.807) is 12.1 Å². The summed E-state index contributed by atoms with van der Waals surface area (Å²) in [5.41, 5.74) is 2.63. The fraction of sp³-hybridized carbons (Fsp3) is 0.130. The molecule has 0 amide bonds. The third-order valence-electron chi connectivity index (χ3n) is 5.28. The molecule has 0 bridgehead atoms. The van der Waals surface area contributed by atoms with E-state index in [-0.39, 0.29) is 18.0 Å². The van der Waals surface area contributed by atoms with Crippen LogP contribution in [0.25, 0.3) is 27.3 Å². The van der Waals surface area contributed by atoms with Crippen LogP contribution < -0.4 is 5.69 Å². The van der Waals surface area contributed by atoms with Crippen molar-refractivity contribution in [3.63, 3.8) is 0 Å². The molecule has 3 heterocycles. The lowest BCUT2D eigenvalue weighted by Gasteiger charge is -2.08. The number of aryl methyl sites for hydroxylation is 2.